The van der Waals surface area contributed by atoms with E-state index in [0.29, 0.717) is 5.92 Å². The lowest BCUT2D eigenvalue weighted by atomic mass is 9.92. The average molecular weight is 248 g/mol. The fourth-order valence-electron chi connectivity index (χ4n) is 2.31. The third-order valence-electron chi connectivity index (χ3n) is 3.37. The Morgan fingerprint density at radius 2 is 1.74 bits per heavy atom. The molecule has 0 aliphatic rings. The molecule has 0 heterocycles. The van der Waals surface area contributed by atoms with Crippen LogP contribution in [0.25, 0.3) is 0 Å². The normalized spacial score (nSPS) is 11.5. The van der Waals surface area contributed by atoms with Gasteiger partial charge in [-0.15, -0.1) is 0 Å². The van der Waals surface area contributed by atoms with Crippen molar-refractivity contribution < 1.29 is 0 Å². The highest BCUT2D eigenvalue weighted by Crippen LogP contribution is 2.23. The van der Waals surface area contributed by atoms with Crippen molar-refractivity contribution in [3.8, 4) is 11.8 Å². The Labute approximate surface area is 116 Å². The Balaban J connectivity index is 2.28. The Kier molecular flexibility index (Phi) is 4.42. The molecule has 0 aliphatic carbocycles. The van der Waals surface area contributed by atoms with Crippen molar-refractivity contribution >= 4 is 0 Å². The van der Waals surface area contributed by atoms with E-state index in [0.717, 1.165) is 12.0 Å². The molecular weight excluding hydrogens is 228 g/mol. The predicted molar refractivity (Wildman–Crippen MR) is 82.3 cm³/mol. The SMILES string of the molecule is CCC(C#Cc1ccccc1)c1ccc(C)cc1C. The third-order valence-corrected chi connectivity index (χ3v) is 3.37. The second-order valence-electron chi connectivity index (χ2n) is 4.96. The van der Waals surface area contributed by atoms with Gasteiger partial charge >= 0.3 is 0 Å². The summed E-state index contributed by atoms with van der Waals surface area (Å²) < 4.78 is 0. The summed E-state index contributed by atoms with van der Waals surface area (Å²) in [5.74, 6) is 7.02. The summed E-state index contributed by atoms with van der Waals surface area (Å²) in [7, 11) is 0. The maximum Gasteiger partial charge on any atom is 0.0456 e. The van der Waals surface area contributed by atoms with Gasteiger partial charge in [-0.3, -0.25) is 0 Å². The Hall–Kier alpha value is -2.00. The number of benzene rings is 2. The molecule has 0 aliphatic heterocycles. The van der Waals surface area contributed by atoms with Crippen molar-refractivity contribution in [2.24, 2.45) is 0 Å². The van der Waals surface area contributed by atoms with E-state index in [1.165, 1.54) is 16.7 Å². The average Bonchev–Trinajstić information content (AvgIpc) is 2.42. The van der Waals surface area contributed by atoms with Gasteiger partial charge in [0.1, 0.15) is 0 Å². The Morgan fingerprint density at radius 3 is 2.37 bits per heavy atom. The summed E-state index contributed by atoms with van der Waals surface area (Å²) in [5.41, 5.74) is 5.10. The van der Waals surface area contributed by atoms with Crippen LogP contribution < -0.4 is 0 Å². The highest BCUT2D eigenvalue weighted by molar-refractivity contribution is 5.41. The zero-order valence-electron chi connectivity index (χ0n) is 11.9. The molecule has 0 fully saturated rings. The Bertz CT molecular complexity index is 597. The molecule has 0 N–H and O–H groups in total. The maximum absolute atomic E-state index is 3.41. The standard InChI is InChI=1S/C19H20/c1-4-18(12-11-17-8-6-5-7-9-17)19-13-10-15(2)14-16(19)3/h5-10,13-14,18H,4H2,1-3H3. The highest BCUT2D eigenvalue weighted by atomic mass is 14.1. The van der Waals surface area contributed by atoms with Gasteiger partial charge in [-0.05, 0) is 43.5 Å². The molecular formula is C19H20. The van der Waals surface area contributed by atoms with Crippen LogP contribution in [0.3, 0.4) is 0 Å². The van der Waals surface area contributed by atoms with Crippen molar-refractivity contribution in [1.82, 2.24) is 0 Å². The lowest BCUT2D eigenvalue weighted by molar-refractivity contribution is 0.822. The molecule has 0 aromatic heterocycles. The summed E-state index contributed by atoms with van der Waals surface area (Å²) in [5, 5.41) is 0. The van der Waals surface area contributed by atoms with Gasteiger partial charge in [0.05, 0.1) is 0 Å². The molecule has 19 heavy (non-hydrogen) atoms. The molecule has 0 heteroatoms. The second-order valence-corrected chi connectivity index (χ2v) is 4.96. The van der Waals surface area contributed by atoms with Crippen LogP contribution in [-0.4, -0.2) is 0 Å². The molecule has 2 rings (SSSR count). The first-order valence-electron chi connectivity index (χ1n) is 6.84. The van der Waals surface area contributed by atoms with E-state index in [1.807, 2.05) is 18.2 Å². The molecule has 0 bridgehead atoms. The van der Waals surface area contributed by atoms with Gasteiger partial charge in [0.15, 0.2) is 0 Å². The lowest BCUT2D eigenvalue weighted by Gasteiger charge is -2.12. The maximum atomic E-state index is 3.41. The molecule has 1 atom stereocenters. The van der Waals surface area contributed by atoms with E-state index in [9.17, 15) is 0 Å². The van der Waals surface area contributed by atoms with E-state index in [2.05, 4.69) is 62.9 Å². The minimum atomic E-state index is 0.320. The van der Waals surface area contributed by atoms with Crippen LogP contribution in [0.15, 0.2) is 48.5 Å². The Morgan fingerprint density at radius 1 is 1.00 bits per heavy atom. The predicted octanol–water partition coefficient (Wildman–Crippen LogP) is 4.85. The van der Waals surface area contributed by atoms with Crippen LogP contribution in [0.1, 0.15) is 41.5 Å². The summed E-state index contributed by atoms with van der Waals surface area (Å²) in [6.07, 6.45) is 1.05. The minimum Gasteiger partial charge on any atom is -0.0897 e. The summed E-state index contributed by atoms with van der Waals surface area (Å²) >= 11 is 0. The molecule has 0 amide bonds. The molecule has 1 unspecified atom stereocenters. The van der Waals surface area contributed by atoms with Gasteiger partial charge in [0, 0.05) is 11.5 Å². The third kappa shape index (κ3) is 3.48. The number of hydrogen-bond donors (Lipinski definition) is 0. The van der Waals surface area contributed by atoms with Gasteiger partial charge < -0.3 is 0 Å². The molecule has 0 radical (unpaired) electrons. The summed E-state index contributed by atoms with van der Waals surface area (Å²) in [6.45, 7) is 6.51. The topological polar surface area (TPSA) is 0 Å². The first-order chi connectivity index (χ1) is 9.20. The van der Waals surface area contributed by atoms with Crippen LogP contribution in [0.4, 0.5) is 0 Å². The van der Waals surface area contributed by atoms with Gasteiger partial charge in [-0.2, -0.15) is 0 Å². The zero-order valence-corrected chi connectivity index (χ0v) is 11.9. The van der Waals surface area contributed by atoms with Crippen molar-refractivity contribution in [3.63, 3.8) is 0 Å². The van der Waals surface area contributed by atoms with E-state index in [4.69, 9.17) is 0 Å². The number of hydrogen-bond acceptors (Lipinski definition) is 0. The smallest absolute Gasteiger partial charge is 0.0456 e. The molecule has 2 aromatic carbocycles. The highest BCUT2D eigenvalue weighted by Gasteiger charge is 2.08. The second kappa shape index (κ2) is 6.25. The number of aryl methyl sites for hydroxylation is 2. The lowest BCUT2D eigenvalue weighted by Crippen LogP contribution is -1.97. The van der Waals surface area contributed by atoms with E-state index >= 15 is 0 Å². The van der Waals surface area contributed by atoms with Crippen LogP contribution in [0.2, 0.25) is 0 Å². The molecule has 96 valence electrons. The molecule has 0 spiro atoms. The van der Waals surface area contributed by atoms with Crippen molar-refractivity contribution in [1.29, 1.82) is 0 Å². The largest absolute Gasteiger partial charge is 0.0897 e. The number of rotatable bonds is 2. The molecule has 0 saturated carbocycles. The van der Waals surface area contributed by atoms with Crippen LogP contribution >= 0.6 is 0 Å². The van der Waals surface area contributed by atoms with Crippen molar-refractivity contribution in [2.75, 3.05) is 0 Å². The van der Waals surface area contributed by atoms with Crippen LogP contribution in [0.5, 0.6) is 0 Å². The summed E-state index contributed by atoms with van der Waals surface area (Å²) in [4.78, 5) is 0. The molecule has 2 aromatic rings. The molecule has 0 nitrogen and oxygen atoms in total. The van der Waals surface area contributed by atoms with Gasteiger partial charge in [0.25, 0.3) is 0 Å². The fourth-order valence-corrected chi connectivity index (χ4v) is 2.31. The summed E-state index contributed by atoms with van der Waals surface area (Å²) in [6, 6.07) is 16.8. The van der Waals surface area contributed by atoms with Crippen LogP contribution in [0, 0.1) is 25.7 Å². The quantitative estimate of drug-likeness (QED) is 0.666. The van der Waals surface area contributed by atoms with Gasteiger partial charge in [0.2, 0.25) is 0 Å². The fraction of sp³-hybridized carbons (Fsp3) is 0.263. The van der Waals surface area contributed by atoms with E-state index in [1.54, 1.807) is 0 Å². The van der Waals surface area contributed by atoms with Crippen LogP contribution in [-0.2, 0) is 0 Å². The monoisotopic (exact) mass is 248 g/mol. The van der Waals surface area contributed by atoms with Gasteiger partial charge in [-0.25, -0.2) is 0 Å². The van der Waals surface area contributed by atoms with Gasteiger partial charge in [-0.1, -0.05) is 60.7 Å². The first kappa shape index (κ1) is 13.4. The van der Waals surface area contributed by atoms with E-state index in [-0.39, 0.29) is 0 Å². The van der Waals surface area contributed by atoms with Crippen molar-refractivity contribution in [3.05, 3.63) is 70.8 Å². The van der Waals surface area contributed by atoms with Crippen molar-refractivity contribution in [2.45, 2.75) is 33.1 Å². The molecule has 0 saturated heterocycles. The van der Waals surface area contributed by atoms with E-state index < -0.39 is 0 Å². The zero-order chi connectivity index (χ0) is 13.7. The first-order valence-corrected chi connectivity index (χ1v) is 6.84. The minimum absolute atomic E-state index is 0.320.